The molecule has 0 bridgehead atoms. The number of sulfonamides is 1. The number of hydrogen-bond acceptors (Lipinski definition) is 3. The van der Waals surface area contributed by atoms with Crippen LogP contribution in [0.15, 0.2) is 71.6 Å². The average Bonchev–Trinajstić information content (AvgIpc) is 2.64. The molecule has 28 heavy (non-hydrogen) atoms. The van der Waals surface area contributed by atoms with Gasteiger partial charge in [-0.15, -0.1) is 0 Å². The minimum atomic E-state index is -3.83. The molecule has 0 unspecified atom stereocenters. The Balaban J connectivity index is 1.79. The van der Waals surface area contributed by atoms with Crippen molar-refractivity contribution in [1.29, 1.82) is 0 Å². The first kappa shape index (κ1) is 19.5. The summed E-state index contributed by atoms with van der Waals surface area (Å²) in [6, 6.07) is 14.8. The zero-order chi connectivity index (χ0) is 20.3. The smallest absolute Gasteiger partial charge is 0.261 e. The topological polar surface area (TPSA) is 75.3 Å². The highest BCUT2D eigenvalue weighted by Crippen LogP contribution is 2.20. The third-order valence-electron chi connectivity index (χ3n) is 3.89. The van der Waals surface area contributed by atoms with Crippen molar-refractivity contribution in [3.63, 3.8) is 0 Å². The van der Waals surface area contributed by atoms with Gasteiger partial charge >= 0.3 is 0 Å². The van der Waals surface area contributed by atoms with E-state index >= 15 is 0 Å². The van der Waals surface area contributed by atoms with E-state index in [1.165, 1.54) is 36.4 Å². The molecule has 0 aliphatic heterocycles. The van der Waals surface area contributed by atoms with Gasteiger partial charge in [-0.2, -0.15) is 0 Å². The lowest BCUT2D eigenvalue weighted by molar-refractivity contribution is 0.102. The summed E-state index contributed by atoms with van der Waals surface area (Å²) in [4.78, 5) is 12.4. The standard InChI is InChI=1S/C20H16F2N2O3S/c1-13-5-8-17(9-6-13)28(26,27)24-16-4-2-3-14(11-16)20(25)23-19-10-7-15(21)12-18(19)22/h2-12,24H,1H3,(H,23,25). The highest BCUT2D eigenvalue weighted by Gasteiger charge is 2.15. The van der Waals surface area contributed by atoms with Crippen LogP contribution < -0.4 is 10.0 Å². The Labute approximate surface area is 161 Å². The van der Waals surface area contributed by atoms with Gasteiger partial charge < -0.3 is 5.32 Å². The minimum Gasteiger partial charge on any atom is -0.319 e. The van der Waals surface area contributed by atoms with Crippen molar-refractivity contribution in [2.75, 3.05) is 10.0 Å². The fourth-order valence-corrected chi connectivity index (χ4v) is 3.49. The van der Waals surface area contributed by atoms with Gasteiger partial charge in [0.2, 0.25) is 0 Å². The predicted molar refractivity (Wildman–Crippen MR) is 103 cm³/mol. The van der Waals surface area contributed by atoms with Gasteiger partial charge in [0.15, 0.2) is 0 Å². The predicted octanol–water partition coefficient (Wildman–Crippen LogP) is 4.33. The number of aryl methyl sites for hydroxylation is 1. The summed E-state index contributed by atoms with van der Waals surface area (Å²) < 4.78 is 54.0. The molecular formula is C20H16F2N2O3S. The van der Waals surface area contributed by atoms with Crippen LogP contribution in [0.5, 0.6) is 0 Å². The summed E-state index contributed by atoms with van der Waals surface area (Å²) >= 11 is 0. The second-order valence-electron chi connectivity index (χ2n) is 6.08. The van der Waals surface area contributed by atoms with Crippen molar-refractivity contribution < 1.29 is 22.0 Å². The molecule has 0 saturated heterocycles. The molecule has 0 atom stereocenters. The summed E-state index contributed by atoms with van der Waals surface area (Å²) in [5, 5.41) is 2.32. The Bertz CT molecular complexity index is 1130. The Hall–Kier alpha value is -3.26. The van der Waals surface area contributed by atoms with E-state index in [4.69, 9.17) is 0 Å². The van der Waals surface area contributed by atoms with Gasteiger partial charge in [-0.25, -0.2) is 17.2 Å². The second-order valence-corrected chi connectivity index (χ2v) is 7.76. The molecule has 3 aromatic rings. The molecule has 3 rings (SSSR count). The van der Waals surface area contributed by atoms with Gasteiger partial charge in [-0.1, -0.05) is 23.8 Å². The lowest BCUT2D eigenvalue weighted by Gasteiger charge is -2.10. The van der Waals surface area contributed by atoms with Crippen LogP contribution in [0.25, 0.3) is 0 Å². The maximum atomic E-state index is 13.7. The molecule has 0 aliphatic rings. The molecule has 3 aromatic carbocycles. The highest BCUT2D eigenvalue weighted by molar-refractivity contribution is 7.92. The Morgan fingerprint density at radius 1 is 0.929 bits per heavy atom. The normalized spacial score (nSPS) is 11.1. The van der Waals surface area contributed by atoms with Gasteiger partial charge in [0.25, 0.3) is 15.9 Å². The fraction of sp³-hybridized carbons (Fsp3) is 0.0500. The number of hydrogen-bond donors (Lipinski definition) is 2. The largest absolute Gasteiger partial charge is 0.319 e. The first-order valence-corrected chi connectivity index (χ1v) is 9.69. The lowest BCUT2D eigenvalue weighted by atomic mass is 10.2. The van der Waals surface area contributed by atoms with Gasteiger partial charge in [0.05, 0.1) is 10.6 Å². The van der Waals surface area contributed by atoms with E-state index in [0.29, 0.717) is 6.07 Å². The fourth-order valence-electron chi connectivity index (χ4n) is 2.44. The molecule has 0 saturated carbocycles. The Morgan fingerprint density at radius 2 is 1.64 bits per heavy atom. The summed E-state index contributed by atoms with van der Waals surface area (Å²) in [6.45, 7) is 1.84. The summed E-state index contributed by atoms with van der Waals surface area (Å²) in [6.07, 6.45) is 0. The Kier molecular flexibility index (Phi) is 5.41. The summed E-state index contributed by atoms with van der Waals surface area (Å²) in [7, 11) is -3.83. The van der Waals surface area contributed by atoms with Crippen molar-refractivity contribution in [3.05, 3.63) is 89.5 Å². The molecular weight excluding hydrogens is 386 g/mol. The molecule has 1 amide bonds. The van der Waals surface area contributed by atoms with Gasteiger partial charge in [0, 0.05) is 17.3 Å². The van der Waals surface area contributed by atoms with E-state index in [0.717, 1.165) is 17.7 Å². The van der Waals surface area contributed by atoms with E-state index in [2.05, 4.69) is 10.0 Å². The van der Waals surface area contributed by atoms with Crippen LogP contribution in [0.4, 0.5) is 20.2 Å². The first-order chi connectivity index (χ1) is 13.2. The lowest BCUT2D eigenvalue weighted by Crippen LogP contribution is -2.15. The van der Waals surface area contributed by atoms with E-state index in [-0.39, 0.29) is 21.8 Å². The zero-order valence-electron chi connectivity index (χ0n) is 14.7. The average molecular weight is 402 g/mol. The summed E-state index contributed by atoms with van der Waals surface area (Å²) in [5.74, 6) is -2.34. The second kappa shape index (κ2) is 7.77. The molecule has 0 heterocycles. The molecule has 0 spiro atoms. The van der Waals surface area contributed by atoms with Crippen LogP contribution in [0.3, 0.4) is 0 Å². The number of anilines is 2. The Morgan fingerprint density at radius 3 is 2.32 bits per heavy atom. The van der Waals surface area contributed by atoms with Crippen molar-refractivity contribution >= 4 is 27.3 Å². The van der Waals surface area contributed by atoms with Crippen molar-refractivity contribution in [1.82, 2.24) is 0 Å². The number of rotatable bonds is 5. The molecule has 0 aliphatic carbocycles. The molecule has 0 radical (unpaired) electrons. The van der Waals surface area contributed by atoms with Crippen LogP contribution in [-0.4, -0.2) is 14.3 Å². The van der Waals surface area contributed by atoms with Crippen molar-refractivity contribution in [2.45, 2.75) is 11.8 Å². The SMILES string of the molecule is Cc1ccc(S(=O)(=O)Nc2cccc(C(=O)Nc3ccc(F)cc3F)c2)cc1. The number of carbonyl (C=O) groups is 1. The number of nitrogens with one attached hydrogen (secondary N) is 2. The third-order valence-corrected chi connectivity index (χ3v) is 5.28. The molecule has 144 valence electrons. The van der Waals surface area contributed by atoms with Crippen molar-refractivity contribution in [3.8, 4) is 0 Å². The highest BCUT2D eigenvalue weighted by atomic mass is 32.2. The zero-order valence-corrected chi connectivity index (χ0v) is 15.6. The first-order valence-electron chi connectivity index (χ1n) is 8.20. The number of halogens is 2. The van der Waals surface area contributed by atoms with Crippen LogP contribution in [-0.2, 0) is 10.0 Å². The number of amides is 1. The maximum Gasteiger partial charge on any atom is 0.261 e. The number of carbonyl (C=O) groups excluding carboxylic acids is 1. The summed E-state index contributed by atoms with van der Waals surface area (Å²) in [5.41, 5.74) is 1.02. The maximum absolute atomic E-state index is 13.7. The van der Waals surface area contributed by atoms with Crippen LogP contribution >= 0.6 is 0 Å². The quantitative estimate of drug-likeness (QED) is 0.667. The van der Waals surface area contributed by atoms with Crippen LogP contribution in [0.1, 0.15) is 15.9 Å². The minimum absolute atomic E-state index is 0.0846. The van der Waals surface area contributed by atoms with E-state index in [1.807, 2.05) is 6.92 Å². The molecule has 8 heteroatoms. The van der Waals surface area contributed by atoms with E-state index < -0.39 is 27.6 Å². The van der Waals surface area contributed by atoms with Gasteiger partial charge in [0.1, 0.15) is 11.6 Å². The van der Waals surface area contributed by atoms with Crippen LogP contribution in [0.2, 0.25) is 0 Å². The molecule has 5 nitrogen and oxygen atoms in total. The molecule has 2 N–H and O–H groups in total. The van der Waals surface area contributed by atoms with Gasteiger partial charge in [-0.05, 0) is 49.4 Å². The van der Waals surface area contributed by atoms with E-state index in [1.54, 1.807) is 12.1 Å². The van der Waals surface area contributed by atoms with Crippen LogP contribution in [0, 0.1) is 18.6 Å². The van der Waals surface area contributed by atoms with Crippen molar-refractivity contribution in [2.24, 2.45) is 0 Å². The van der Waals surface area contributed by atoms with Gasteiger partial charge in [-0.3, -0.25) is 9.52 Å². The molecule has 0 aromatic heterocycles. The number of benzene rings is 3. The molecule has 0 fully saturated rings. The third kappa shape index (κ3) is 4.52. The van der Waals surface area contributed by atoms with E-state index in [9.17, 15) is 22.0 Å². The monoisotopic (exact) mass is 402 g/mol.